The number of unbranched alkanes of at least 4 members (excludes halogenated alkanes) is 1. The van der Waals surface area contributed by atoms with E-state index in [1.165, 1.54) is 0 Å². The van der Waals surface area contributed by atoms with Gasteiger partial charge in [0.2, 0.25) is 0 Å². The molecule has 0 amide bonds. The summed E-state index contributed by atoms with van der Waals surface area (Å²) >= 11 is 0. The minimum atomic E-state index is -4.85. The van der Waals surface area contributed by atoms with Crippen molar-refractivity contribution in [1.29, 1.82) is 0 Å². The number of ether oxygens (including phenoxy) is 13. The number of hydrogen-bond donors (Lipinski definition) is 19. The molecule has 22 saturated heterocycles. The highest BCUT2D eigenvalue weighted by atomic mass is 31.2. The van der Waals surface area contributed by atoms with Crippen molar-refractivity contribution < 1.29 is 167 Å². The third-order valence-corrected chi connectivity index (χ3v) is 14.3. The summed E-state index contributed by atoms with van der Waals surface area (Å²) in [6.07, 6.45) is -58.9. The second-order valence-corrected chi connectivity index (χ2v) is 20.0. The third-order valence-electron chi connectivity index (χ3n) is 13.8. The molecule has 22 heterocycles. The van der Waals surface area contributed by atoms with Crippen LogP contribution >= 0.6 is 7.82 Å². The number of aliphatic hydroxyl groups excluding tert-OH is 17. The molecule has 0 saturated carbocycles. The van der Waals surface area contributed by atoms with Gasteiger partial charge in [-0.2, -0.15) is 0 Å². The van der Waals surface area contributed by atoms with Crippen LogP contribution in [0.5, 0.6) is 0 Å². The Balaban J connectivity index is 1.20. The standard InChI is InChI=1S/C40H69O34P/c41-5-11-28-17(47)22(52)35(63-11)70-29-12(6-42)65-37(24(54)19(29)49)72-31-14(8-44)67-39(26(56)21(31)51)74-33-16(10-46)68-40(27(57)34(33)61-3-1-2-4-62-75(58,59)60)73-32-15(9-45)66-38(25(55)20(32)50)71-30-13(7-43)64-36(69-28)23(53)18(30)48/h11-57H,1-10H2,(H2,58,59,60)/t11-,12-,13-,14-,15-,16-,17-,18-,19-,20-,21-,22-,23-,24-,25-,26-,27-,28-,29-,30-,31-,32-,33+,34-,35-,36-,37-,38-,39-,40-/m1/s1. The molecule has 438 valence electrons. The van der Waals surface area contributed by atoms with Crippen LogP contribution in [-0.4, -0.2) is 334 Å². The highest BCUT2D eigenvalue weighted by molar-refractivity contribution is 7.46. The van der Waals surface area contributed by atoms with Crippen LogP contribution in [0.25, 0.3) is 0 Å². The number of hydrogen-bond acceptors (Lipinski definition) is 32. The summed E-state index contributed by atoms with van der Waals surface area (Å²) < 4.78 is 90.7. The van der Waals surface area contributed by atoms with E-state index in [0.717, 1.165) is 0 Å². The summed E-state index contributed by atoms with van der Waals surface area (Å²) in [5.74, 6) is 0. The third kappa shape index (κ3) is 13.5. The first-order chi connectivity index (χ1) is 35.6. The van der Waals surface area contributed by atoms with Crippen molar-refractivity contribution in [2.75, 3.05) is 52.9 Å². The Hall–Kier alpha value is -1.09. The Labute approximate surface area is 424 Å². The van der Waals surface area contributed by atoms with Gasteiger partial charge in [0.15, 0.2) is 37.7 Å². The zero-order valence-electron chi connectivity index (χ0n) is 39.5. The second kappa shape index (κ2) is 26.7. The zero-order valence-corrected chi connectivity index (χ0v) is 40.4. The van der Waals surface area contributed by atoms with Crippen LogP contribution in [0.3, 0.4) is 0 Å². The van der Waals surface area contributed by atoms with Gasteiger partial charge in [-0.15, -0.1) is 0 Å². The molecule has 0 unspecified atom stereocenters. The average molecular weight is 1120 g/mol. The van der Waals surface area contributed by atoms with Gasteiger partial charge in [-0.05, 0) is 12.8 Å². The fourth-order valence-corrected chi connectivity index (χ4v) is 10.1. The average Bonchev–Trinajstić information content (AvgIpc) is 3.38. The topological polar surface area (TPSA) is 531 Å². The Morgan fingerprint density at radius 2 is 0.533 bits per heavy atom. The van der Waals surface area contributed by atoms with Crippen LogP contribution in [0, 0.1) is 0 Å². The highest BCUT2D eigenvalue weighted by Crippen LogP contribution is 2.39. The van der Waals surface area contributed by atoms with Crippen LogP contribution in [0.15, 0.2) is 0 Å². The first-order valence-corrected chi connectivity index (χ1v) is 25.5. The van der Waals surface area contributed by atoms with Gasteiger partial charge in [0.25, 0.3) is 0 Å². The predicted octanol–water partition coefficient (Wildman–Crippen LogP) is -12.1. The van der Waals surface area contributed by atoms with Gasteiger partial charge >= 0.3 is 7.82 Å². The lowest BCUT2D eigenvalue weighted by Crippen LogP contribution is -2.69. The molecule has 22 aliphatic rings. The van der Waals surface area contributed by atoms with Crippen molar-refractivity contribution in [3.8, 4) is 0 Å². The summed E-state index contributed by atoms with van der Waals surface area (Å²) in [5.41, 5.74) is 0. The summed E-state index contributed by atoms with van der Waals surface area (Å²) in [6.45, 7) is -6.96. The van der Waals surface area contributed by atoms with E-state index in [9.17, 15) is 91.4 Å². The van der Waals surface area contributed by atoms with E-state index in [1.54, 1.807) is 0 Å². The van der Waals surface area contributed by atoms with Crippen molar-refractivity contribution in [3.05, 3.63) is 0 Å². The molecule has 0 aromatic heterocycles. The van der Waals surface area contributed by atoms with Gasteiger partial charge in [0.1, 0.15) is 146 Å². The molecule has 35 heteroatoms. The predicted molar refractivity (Wildman–Crippen MR) is 227 cm³/mol. The molecule has 34 nitrogen and oxygen atoms in total. The molecule has 0 aromatic rings. The molecule has 12 bridgehead atoms. The second-order valence-electron chi connectivity index (χ2n) is 18.7. The largest absolute Gasteiger partial charge is 0.469 e. The lowest BCUT2D eigenvalue weighted by atomic mass is 9.94. The monoisotopic (exact) mass is 1120 g/mol. The van der Waals surface area contributed by atoms with Gasteiger partial charge in [0, 0.05) is 6.61 Å². The minimum absolute atomic E-state index is 0.0190. The van der Waals surface area contributed by atoms with Gasteiger partial charge in [-0.3, -0.25) is 4.52 Å². The smallest absolute Gasteiger partial charge is 0.394 e. The van der Waals surface area contributed by atoms with Crippen molar-refractivity contribution in [1.82, 2.24) is 0 Å². The molecule has 0 aliphatic carbocycles. The molecule has 22 fully saturated rings. The minimum Gasteiger partial charge on any atom is -0.394 e. The van der Waals surface area contributed by atoms with Crippen molar-refractivity contribution in [2.45, 2.75) is 197 Å². The molecule has 30 atom stereocenters. The van der Waals surface area contributed by atoms with Gasteiger partial charge in [0.05, 0.1) is 46.2 Å². The van der Waals surface area contributed by atoms with Crippen LogP contribution in [0.4, 0.5) is 0 Å². The number of aliphatic hydroxyl groups is 17. The fraction of sp³-hybridized carbons (Fsp3) is 1.00. The normalized spacial score (nSPS) is 50.4. The molecular formula is C40H69O34P. The van der Waals surface area contributed by atoms with Gasteiger partial charge < -0.3 is 158 Å². The SMILES string of the molecule is O=P(O)(O)OCCCCO[C@@H]1[C@@H](O)[C@H]2O[C@H]3[C@H](O)[C@@H](O)[C@@H](O[C@H]4[C@H](O)[C@@H](O)[C@@H](O[C@H]5[C@H](O)[C@@H](O)[C@@H](O[C@H]6[C@H](O)[C@@H](O)[C@@H](O[C@H]7[C@H](O)[C@@H](O)[C@@H](O[C@H]1[C@@H](CO)O2)O[C@@H]7CO)O[C@@H]6CO)O[C@@H]5CO)O[C@@H]4CO)O[C@@H]3CO. The summed E-state index contributed by atoms with van der Waals surface area (Å²) in [4.78, 5) is 18.1. The van der Waals surface area contributed by atoms with E-state index < -0.39 is 238 Å². The van der Waals surface area contributed by atoms with Crippen LogP contribution in [0.1, 0.15) is 12.8 Å². The lowest BCUT2D eigenvalue weighted by Gasteiger charge is -2.51. The van der Waals surface area contributed by atoms with E-state index in [2.05, 4.69) is 4.52 Å². The van der Waals surface area contributed by atoms with E-state index in [0.29, 0.717) is 0 Å². The fourth-order valence-electron chi connectivity index (χ4n) is 9.71. The van der Waals surface area contributed by atoms with Crippen LogP contribution < -0.4 is 0 Å². The van der Waals surface area contributed by atoms with Gasteiger partial charge in [-0.25, -0.2) is 4.57 Å². The quantitative estimate of drug-likeness (QED) is 0.0601. The highest BCUT2D eigenvalue weighted by Gasteiger charge is 2.59. The Kier molecular flexibility index (Phi) is 21.9. The van der Waals surface area contributed by atoms with Crippen molar-refractivity contribution in [3.63, 3.8) is 0 Å². The van der Waals surface area contributed by atoms with Gasteiger partial charge in [-0.1, -0.05) is 0 Å². The maximum atomic E-state index is 11.8. The zero-order chi connectivity index (χ0) is 54.8. The van der Waals surface area contributed by atoms with Crippen molar-refractivity contribution >= 4 is 7.82 Å². The number of phosphoric ester groups is 1. The molecule has 0 aromatic carbocycles. The molecule has 22 rings (SSSR count). The molecule has 0 radical (unpaired) electrons. The summed E-state index contributed by atoms with van der Waals surface area (Å²) in [5, 5.41) is 188. The lowest BCUT2D eigenvalue weighted by molar-refractivity contribution is -0.404. The number of rotatable bonds is 13. The van der Waals surface area contributed by atoms with E-state index in [-0.39, 0.29) is 19.4 Å². The molecule has 22 aliphatic heterocycles. The Morgan fingerprint density at radius 1 is 0.307 bits per heavy atom. The Morgan fingerprint density at radius 3 is 0.787 bits per heavy atom. The van der Waals surface area contributed by atoms with Crippen LogP contribution in [0.2, 0.25) is 0 Å². The summed E-state index contributed by atoms with van der Waals surface area (Å²) in [7, 11) is -4.85. The van der Waals surface area contributed by atoms with E-state index in [4.69, 9.17) is 71.4 Å². The first kappa shape index (κ1) is 61.5. The van der Waals surface area contributed by atoms with E-state index in [1.807, 2.05) is 0 Å². The molecular weight excluding hydrogens is 1060 g/mol. The molecule has 19 N–H and O–H groups in total. The van der Waals surface area contributed by atoms with E-state index >= 15 is 0 Å². The maximum absolute atomic E-state index is 11.8. The first-order valence-electron chi connectivity index (χ1n) is 23.9. The maximum Gasteiger partial charge on any atom is 0.469 e. The Bertz CT molecular complexity index is 1780. The number of phosphoric acid groups is 1. The summed E-state index contributed by atoms with van der Waals surface area (Å²) in [6, 6.07) is 0. The molecule has 0 spiro atoms. The molecule has 75 heavy (non-hydrogen) atoms. The van der Waals surface area contributed by atoms with Crippen molar-refractivity contribution in [2.24, 2.45) is 0 Å². The van der Waals surface area contributed by atoms with Crippen LogP contribution in [-0.2, 0) is 70.7 Å².